The molecule has 0 spiro atoms. The van der Waals surface area contributed by atoms with Gasteiger partial charge in [0.15, 0.2) is 0 Å². The maximum absolute atomic E-state index is 13.3. The Hall–Kier alpha value is -2.94. The third-order valence-corrected chi connectivity index (χ3v) is 6.70. The van der Waals surface area contributed by atoms with Crippen LogP contribution in [0, 0.1) is 6.92 Å². The van der Waals surface area contributed by atoms with Crippen molar-refractivity contribution in [1.29, 1.82) is 0 Å². The van der Waals surface area contributed by atoms with E-state index in [2.05, 4.69) is 10.4 Å². The van der Waals surface area contributed by atoms with E-state index in [1.54, 1.807) is 34.6 Å². The number of hydrazone groups is 1. The van der Waals surface area contributed by atoms with Crippen molar-refractivity contribution < 1.29 is 14.0 Å². The van der Waals surface area contributed by atoms with E-state index in [1.807, 2.05) is 49.6 Å². The molecule has 7 nitrogen and oxygen atoms in total. The van der Waals surface area contributed by atoms with E-state index < -0.39 is 0 Å². The van der Waals surface area contributed by atoms with Gasteiger partial charge in [-0.2, -0.15) is 5.10 Å². The maximum atomic E-state index is 13.3. The van der Waals surface area contributed by atoms with E-state index >= 15 is 0 Å². The highest BCUT2D eigenvalue weighted by molar-refractivity contribution is 7.10. The molecule has 1 aliphatic rings. The molecule has 1 atom stereocenters. The molecular weight excluding hydrogens is 460 g/mol. The van der Waals surface area contributed by atoms with Gasteiger partial charge in [0.25, 0.3) is 5.91 Å². The van der Waals surface area contributed by atoms with Crippen LogP contribution in [0.25, 0.3) is 0 Å². The first kappa shape index (κ1) is 23.2. The molecule has 9 heteroatoms. The average Bonchev–Trinajstić information content (AvgIpc) is 3.55. The molecule has 3 heterocycles. The zero-order valence-corrected chi connectivity index (χ0v) is 20.0. The van der Waals surface area contributed by atoms with Crippen LogP contribution in [0.5, 0.6) is 0 Å². The fraction of sp³-hybridized carbons (Fsp3) is 0.292. The Balaban J connectivity index is 1.45. The van der Waals surface area contributed by atoms with Gasteiger partial charge in [-0.3, -0.25) is 14.5 Å². The van der Waals surface area contributed by atoms with Gasteiger partial charge < -0.3 is 9.73 Å². The van der Waals surface area contributed by atoms with E-state index in [0.29, 0.717) is 29.4 Å². The number of thiophene rings is 1. The Morgan fingerprint density at radius 3 is 2.82 bits per heavy atom. The van der Waals surface area contributed by atoms with Crippen LogP contribution < -0.4 is 5.32 Å². The first-order valence-electron chi connectivity index (χ1n) is 10.7. The van der Waals surface area contributed by atoms with Crippen molar-refractivity contribution in [2.75, 3.05) is 25.0 Å². The molecule has 1 N–H and O–H groups in total. The molecule has 2 amide bonds. The van der Waals surface area contributed by atoms with Crippen molar-refractivity contribution in [2.24, 2.45) is 5.10 Å². The Labute approximate surface area is 201 Å². The van der Waals surface area contributed by atoms with E-state index in [4.69, 9.17) is 16.0 Å². The quantitative estimate of drug-likeness (QED) is 0.491. The van der Waals surface area contributed by atoms with Gasteiger partial charge in [0.1, 0.15) is 11.5 Å². The lowest BCUT2D eigenvalue weighted by Crippen LogP contribution is -2.41. The van der Waals surface area contributed by atoms with E-state index in [0.717, 1.165) is 16.2 Å². The van der Waals surface area contributed by atoms with Gasteiger partial charge in [-0.25, -0.2) is 5.01 Å². The van der Waals surface area contributed by atoms with Crippen molar-refractivity contribution >= 4 is 46.2 Å². The molecule has 1 aromatic carbocycles. The summed E-state index contributed by atoms with van der Waals surface area (Å²) in [6.45, 7) is 4.53. The van der Waals surface area contributed by atoms with Gasteiger partial charge in [0.2, 0.25) is 5.91 Å². The predicted molar refractivity (Wildman–Crippen MR) is 131 cm³/mol. The molecule has 0 saturated carbocycles. The van der Waals surface area contributed by atoms with Crippen LogP contribution in [-0.2, 0) is 9.59 Å². The SMILES string of the molecule is CCN(CC(=O)Nc1cc(Cl)ccc1C)CC(=O)N1N=C(c2ccco2)C[C@H]1c1cccs1. The molecule has 0 bridgehead atoms. The van der Waals surface area contributed by atoms with E-state index in [1.165, 1.54) is 5.01 Å². The van der Waals surface area contributed by atoms with Gasteiger partial charge in [-0.05, 0) is 54.7 Å². The summed E-state index contributed by atoms with van der Waals surface area (Å²) in [5.74, 6) is 0.296. The number of carbonyl (C=O) groups excluding carboxylic acids is 2. The van der Waals surface area contributed by atoms with Crippen LogP contribution >= 0.6 is 22.9 Å². The molecule has 0 radical (unpaired) electrons. The summed E-state index contributed by atoms with van der Waals surface area (Å²) < 4.78 is 5.50. The van der Waals surface area contributed by atoms with Crippen molar-refractivity contribution in [1.82, 2.24) is 9.91 Å². The number of hydrogen-bond acceptors (Lipinski definition) is 6. The Morgan fingerprint density at radius 2 is 2.12 bits per heavy atom. The van der Waals surface area contributed by atoms with Crippen molar-refractivity contribution in [3.63, 3.8) is 0 Å². The summed E-state index contributed by atoms with van der Waals surface area (Å²) in [7, 11) is 0. The number of nitrogens with zero attached hydrogens (tertiary/aromatic N) is 3. The smallest absolute Gasteiger partial charge is 0.257 e. The summed E-state index contributed by atoms with van der Waals surface area (Å²) in [5, 5.41) is 11.6. The summed E-state index contributed by atoms with van der Waals surface area (Å²) in [6.07, 6.45) is 2.18. The molecule has 33 heavy (non-hydrogen) atoms. The largest absolute Gasteiger partial charge is 0.463 e. The maximum Gasteiger partial charge on any atom is 0.257 e. The number of hydrogen-bond donors (Lipinski definition) is 1. The normalized spacial score (nSPS) is 15.7. The van der Waals surface area contributed by atoms with Gasteiger partial charge in [0.05, 0.1) is 25.4 Å². The highest BCUT2D eigenvalue weighted by Crippen LogP contribution is 2.35. The minimum absolute atomic E-state index is 0.0786. The lowest BCUT2D eigenvalue weighted by molar-refractivity contribution is -0.134. The zero-order chi connectivity index (χ0) is 23.4. The first-order chi connectivity index (χ1) is 15.9. The lowest BCUT2D eigenvalue weighted by Gasteiger charge is -2.25. The zero-order valence-electron chi connectivity index (χ0n) is 18.5. The van der Waals surface area contributed by atoms with Crippen LogP contribution in [0.1, 0.15) is 35.6 Å². The Bertz CT molecular complexity index is 1140. The third-order valence-electron chi connectivity index (χ3n) is 5.49. The number of halogens is 1. The van der Waals surface area contributed by atoms with Gasteiger partial charge >= 0.3 is 0 Å². The molecule has 1 aliphatic heterocycles. The second kappa shape index (κ2) is 10.3. The van der Waals surface area contributed by atoms with Gasteiger partial charge in [-0.15, -0.1) is 11.3 Å². The van der Waals surface area contributed by atoms with Crippen LogP contribution in [0.4, 0.5) is 5.69 Å². The molecule has 4 rings (SSSR count). The lowest BCUT2D eigenvalue weighted by atomic mass is 10.1. The molecule has 0 fully saturated rings. The average molecular weight is 485 g/mol. The summed E-state index contributed by atoms with van der Waals surface area (Å²) >= 11 is 7.64. The van der Waals surface area contributed by atoms with Crippen LogP contribution in [0.3, 0.4) is 0 Å². The highest BCUT2D eigenvalue weighted by Gasteiger charge is 2.35. The monoisotopic (exact) mass is 484 g/mol. The number of rotatable bonds is 8. The number of likely N-dealkylation sites (N-methyl/N-ethyl adjacent to an activating group) is 1. The number of benzene rings is 1. The predicted octanol–water partition coefficient (Wildman–Crippen LogP) is 4.94. The minimum atomic E-state index is -0.203. The number of nitrogens with one attached hydrogen (secondary N) is 1. The molecule has 3 aromatic rings. The van der Waals surface area contributed by atoms with Crippen molar-refractivity contribution in [2.45, 2.75) is 26.3 Å². The number of carbonyl (C=O) groups is 2. The molecule has 0 saturated heterocycles. The van der Waals surface area contributed by atoms with Crippen molar-refractivity contribution in [3.8, 4) is 0 Å². The molecular formula is C24H25ClN4O3S. The Morgan fingerprint density at radius 1 is 1.27 bits per heavy atom. The number of furan rings is 1. The van der Waals surface area contributed by atoms with Crippen LogP contribution in [0.15, 0.2) is 63.6 Å². The third kappa shape index (κ3) is 5.52. The fourth-order valence-corrected chi connectivity index (χ4v) is 4.68. The number of aryl methyl sites for hydroxylation is 1. The first-order valence-corrected chi connectivity index (χ1v) is 12.0. The summed E-state index contributed by atoms with van der Waals surface area (Å²) in [4.78, 5) is 28.8. The Kier molecular flexibility index (Phi) is 7.27. The molecule has 2 aromatic heterocycles. The molecule has 0 aliphatic carbocycles. The van der Waals surface area contributed by atoms with E-state index in [-0.39, 0.29) is 30.9 Å². The molecule has 0 unspecified atom stereocenters. The number of anilines is 1. The second-order valence-corrected chi connectivity index (χ2v) is 9.22. The van der Waals surface area contributed by atoms with Gasteiger partial charge in [-0.1, -0.05) is 30.7 Å². The van der Waals surface area contributed by atoms with E-state index in [9.17, 15) is 9.59 Å². The molecule has 172 valence electrons. The van der Waals surface area contributed by atoms with Gasteiger partial charge in [0, 0.05) is 22.0 Å². The second-order valence-electron chi connectivity index (χ2n) is 7.81. The summed E-state index contributed by atoms with van der Waals surface area (Å²) in [6, 6.07) is 12.8. The number of amides is 2. The fourth-order valence-electron chi connectivity index (χ4n) is 3.70. The minimum Gasteiger partial charge on any atom is -0.463 e. The van der Waals surface area contributed by atoms with Crippen LogP contribution in [0.2, 0.25) is 5.02 Å². The standard InChI is InChI=1S/C24H25ClN4O3S/c1-3-28(14-23(30)26-18-12-17(25)9-8-16(18)2)15-24(31)29-20(22-7-5-11-33-22)13-19(27-29)21-6-4-10-32-21/h4-12,20H,3,13-15H2,1-2H3,(H,26,30)/t20-/m0/s1. The van der Waals surface area contributed by atoms with Crippen molar-refractivity contribution in [3.05, 3.63) is 75.3 Å². The highest BCUT2D eigenvalue weighted by atomic mass is 35.5. The summed E-state index contributed by atoms with van der Waals surface area (Å²) in [5.41, 5.74) is 2.33. The van der Waals surface area contributed by atoms with Crippen LogP contribution in [-0.4, -0.2) is 47.1 Å². The topological polar surface area (TPSA) is 78.2 Å².